The van der Waals surface area contributed by atoms with Gasteiger partial charge in [-0.05, 0) is 55.3 Å². The number of carbonyl (C=O) groups excluding carboxylic acids is 1. The average Bonchev–Trinajstić information content (AvgIpc) is 3.31. The number of nitrogens with two attached hydrogens (primary N) is 1. The molecule has 4 aromatic rings. The number of hydrogen-bond donors (Lipinski definition) is 2. The summed E-state index contributed by atoms with van der Waals surface area (Å²) >= 11 is 0. The van der Waals surface area contributed by atoms with Crippen molar-refractivity contribution in [1.82, 2.24) is 24.9 Å². The molecule has 9 nitrogen and oxygen atoms in total. The molecule has 1 atom stereocenters. The highest BCUT2D eigenvalue weighted by Gasteiger charge is 2.30. The Morgan fingerprint density at radius 3 is 2.61 bits per heavy atom. The molecular formula is C25H22F2N6O3. The maximum atomic E-state index is 14.0. The first-order valence-corrected chi connectivity index (χ1v) is 11.3. The van der Waals surface area contributed by atoms with Crippen LogP contribution in [0.3, 0.4) is 0 Å². The second-order valence-electron chi connectivity index (χ2n) is 8.43. The van der Waals surface area contributed by atoms with Crippen LogP contribution in [0, 0.1) is 11.6 Å². The Bertz CT molecular complexity index is 1510. The minimum Gasteiger partial charge on any atom is -0.451 e. The van der Waals surface area contributed by atoms with Crippen LogP contribution in [0.4, 0.5) is 14.6 Å². The smallest absolute Gasteiger partial charge is 0.275 e. The predicted molar refractivity (Wildman–Crippen MR) is 129 cm³/mol. The number of nitrogens with one attached hydrogen (secondary N) is 1. The number of piperidine rings is 1. The van der Waals surface area contributed by atoms with E-state index in [9.17, 15) is 18.4 Å². The fourth-order valence-corrected chi connectivity index (χ4v) is 4.47. The zero-order chi connectivity index (χ0) is 25.4. The zero-order valence-corrected chi connectivity index (χ0v) is 19.1. The van der Waals surface area contributed by atoms with Crippen molar-refractivity contribution >= 4 is 22.6 Å². The predicted octanol–water partition coefficient (Wildman–Crippen LogP) is 3.65. The van der Waals surface area contributed by atoms with Gasteiger partial charge in [0.25, 0.3) is 5.56 Å². The van der Waals surface area contributed by atoms with Crippen molar-refractivity contribution in [2.24, 2.45) is 0 Å². The summed E-state index contributed by atoms with van der Waals surface area (Å²) in [5.41, 5.74) is 7.07. The summed E-state index contributed by atoms with van der Waals surface area (Å²) in [6.45, 7) is 4.54. The first-order chi connectivity index (χ1) is 17.4. The van der Waals surface area contributed by atoms with E-state index < -0.39 is 22.9 Å². The van der Waals surface area contributed by atoms with Gasteiger partial charge in [-0.3, -0.25) is 9.59 Å². The van der Waals surface area contributed by atoms with Gasteiger partial charge >= 0.3 is 0 Å². The number of nitrogens with zero attached hydrogens (tertiary/aromatic N) is 4. The summed E-state index contributed by atoms with van der Waals surface area (Å²) in [6, 6.07) is 9.75. The van der Waals surface area contributed by atoms with Gasteiger partial charge in [0, 0.05) is 19.0 Å². The number of likely N-dealkylation sites (tertiary alicyclic amines) is 1. The standard InChI is InChI=1S/C25H22F2N6O3/c1-2-19(34)32-12-4-5-14(13-32)21-20-22(24(28)29-30-25(20)35)33(31-21)15-8-10-16(11-9-15)36-23-17(26)6-3-7-18(23)27/h2-3,6-11,14H,1,4-5,12-13H2,(H2,28,29)(H,30,35)/t14-/m0/s1. The normalized spacial score (nSPS) is 15.7. The third kappa shape index (κ3) is 4.08. The van der Waals surface area contributed by atoms with Crippen molar-refractivity contribution in [2.45, 2.75) is 18.8 Å². The molecule has 5 rings (SSSR count). The summed E-state index contributed by atoms with van der Waals surface area (Å²) in [5.74, 6) is -2.25. The zero-order valence-electron chi connectivity index (χ0n) is 19.1. The SMILES string of the molecule is C=CC(=O)N1CCC[C@H](c2nn(-c3ccc(Oc4c(F)cccc4F)cc3)c3c(N)n[nH]c(=O)c23)C1. The molecule has 1 fully saturated rings. The molecule has 2 aromatic carbocycles. The fourth-order valence-electron chi connectivity index (χ4n) is 4.47. The molecule has 0 bridgehead atoms. The molecule has 184 valence electrons. The lowest BCUT2D eigenvalue weighted by molar-refractivity contribution is -0.127. The van der Waals surface area contributed by atoms with E-state index in [2.05, 4.69) is 16.8 Å². The van der Waals surface area contributed by atoms with Crippen LogP contribution in [-0.2, 0) is 4.79 Å². The number of para-hydroxylation sites is 1. The van der Waals surface area contributed by atoms with Gasteiger partial charge in [-0.25, -0.2) is 18.6 Å². The van der Waals surface area contributed by atoms with Crippen molar-refractivity contribution in [3.05, 3.63) is 82.8 Å². The molecule has 0 unspecified atom stereocenters. The monoisotopic (exact) mass is 492 g/mol. The summed E-state index contributed by atoms with van der Waals surface area (Å²) in [5, 5.41) is 11.3. The number of ether oxygens (including phenoxy) is 1. The number of halogens is 2. The van der Waals surface area contributed by atoms with Crippen LogP contribution in [0.2, 0.25) is 0 Å². The number of hydrogen-bond acceptors (Lipinski definition) is 6. The molecule has 3 heterocycles. The molecule has 2 aromatic heterocycles. The average molecular weight is 492 g/mol. The number of aromatic amines is 1. The minimum atomic E-state index is -0.823. The van der Waals surface area contributed by atoms with Crippen LogP contribution in [0.1, 0.15) is 24.5 Å². The van der Waals surface area contributed by atoms with Gasteiger partial charge in [0.05, 0.1) is 16.8 Å². The van der Waals surface area contributed by atoms with E-state index in [-0.39, 0.29) is 23.4 Å². The maximum absolute atomic E-state index is 14.0. The number of aromatic nitrogens is 4. The molecule has 0 aliphatic carbocycles. The third-order valence-corrected chi connectivity index (χ3v) is 6.17. The van der Waals surface area contributed by atoms with Crippen molar-refractivity contribution in [3.8, 4) is 17.2 Å². The number of rotatable bonds is 5. The van der Waals surface area contributed by atoms with E-state index in [1.807, 2.05) is 0 Å². The quantitative estimate of drug-likeness (QED) is 0.411. The van der Waals surface area contributed by atoms with Crippen LogP contribution >= 0.6 is 0 Å². The van der Waals surface area contributed by atoms with Gasteiger partial charge in [-0.15, -0.1) is 0 Å². The Labute approximate surface area is 203 Å². The van der Waals surface area contributed by atoms with Gasteiger partial charge < -0.3 is 15.4 Å². The number of carbonyl (C=O) groups is 1. The molecule has 1 amide bonds. The molecule has 3 N–H and O–H groups in total. The second-order valence-corrected chi connectivity index (χ2v) is 8.43. The van der Waals surface area contributed by atoms with Crippen molar-refractivity contribution in [3.63, 3.8) is 0 Å². The number of fused-ring (bicyclic) bond motifs is 1. The molecule has 36 heavy (non-hydrogen) atoms. The Balaban J connectivity index is 1.54. The van der Waals surface area contributed by atoms with E-state index in [1.54, 1.807) is 17.0 Å². The van der Waals surface area contributed by atoms with Gasteiger partial charge in [0.15, 0.2) is 23.2 Å². The topological polar surface area (TPSA) is 119 Å². The van der Waals surface area contributed by atoms with Crippen LogP contribution in [0.25, 0.3) is 16.6 Å². The number of amides is 1. The Hall–Kier alpha value is -4.54. The van der Waals surface area contributed by atoms with Gasteiger partial charge in [-0.2, -0.15) is 10.2 Å². The van der Waals surface area contributed by atoms with Crippen LogP contribution < -0.4 is 16.0 Å². The highest BCUT2D eigenvalue weighted by atomic mass is 19.1. The van der Waals surface area contributed by atoms with E-state index in [1.165, 1.54) is 29.0 Å². The van der Waals surface area contributed by atoms with Crippen molar-refractivity contribution in [1.29, 1.82) is 0 Å². The molecule has 11 heteroatoms. The summed E-state index contributed by atoms with van der Waals surface area (Å²) in [6.07, 6.45) is 2.75. The van der Waals surface area contributed by atoms with E-state index in [4.69, 9.17) is 15.6 Å². The largest absolute Gasteiger partial charge is 0.451 e. The van der Waals surface area contributed by atoms with Crippen molar-refractivity contribution in [2.75, 3.05) is 18.8 Å². The number of anilines is 1. The van der Waals surface area contributed by atoms with Crippen LogP contribution in [0.5, 0.6) is 11.5 Å². The summed E-state index contributed by atoms with van der Waals surface area (Å²) in [4.78, 5) is 26.7. The third-order valence-electron chi connectivity index (χ3n) is 6.17. The molecule has 0 radical (unpaired) electrons. The molecule has 1 saturated heterocycles. The van der Waals surface area contributed by atoms with E-state index >= 15 is 0 Å². The van der Waals surface area contributed by atoms with Crippen LogP contribution in [0.15, 0.2) is 59.9 Å². The van der Waals surface area contributed by atoms with Gasteiger partial charge in [-0.1, -0.05) is 12.6 Å². The van der Waals surface area contributed by atoms with Gasteiger partial charge in [0.2, 0.25) is 5.91 Å². The molecule has 0 saturated carbocycles. The lowest BCUT2D eigenvalue weighted by Gasteiger charge is -2.31. The molecular weight excluding hydrogens is 470 g/mol. The first kappa shape index (κ1) is 23.2. The minimum absolute atomic E-state index is 0.0759. The first-order valence-electron chi connectivity index (χ1n) is 11.3. The van der Waals surface area contributed by atoms with Gasteiger partial charge in [0.1, 0.15) is 11.3 Å². The lowest BCUT2D eigenvalue weighted by Crippen LogP contribution is -2.38. The summed E-state index contributed by atoms with van der Waals surface area (Å²) < 4.78 is 34.8. The van der Waals surface area contributed by atoms with E-state index in [0.717, 1.165) is 25.0 Å². The maximum Gasteiger partial charge on any atom is 0.275 e. The Morgan fingerprint density at radius 2 is 1.92 bits per heavy atom. The number of H-pyrrole nitrogens is 1. The highest BCUT2D eigenvalue weighted by molar-refractivity contribution is 5.91. The highest BCUT2D eigenvalue weighted by Crippen LogP contribution is 2.33. The molecule has 1 aliphatic rings. The molecule has 1 aliphatic heterocycles. The lowest BCUT2D eigenvalue weighted by atomic mass is 9.93. The van der Waals surface area contributed by atoms with Crippen molar-refractivity contribution < 1.29 is 18.3 Å². The summed E-state index contributed by atoms with van der Waals surface area (Å²) in [7, 11) is 0. The Morgan fingerprint density at radius 1 is 1.19 bits per heavy atom. The second kappa shape index (κ2) is 9.25. The van der Waals surface area contributed by atoms with E-state index in [0.29, 0.717) is 35.4 Å². The molecule has 0 spiro atoms. The fraction of sp³-hybridized carbons (Fsp3) is 0.200. The van der Waals surface area contributed by atoms with Crippen LogP contribution in [-0.4, -0.2) is 43.9 Å². The Kier molecular flexibility index (Phi) is 5.96. The number of benzene rings is 2. The number of nitrogen functional groups attached to an aromatic ring is 1.